The number of halogens is 1. The van der Waals surface area contributed by atoms with Crippen molar-refractivity contribution in [3.05, 3.63) is 48.5 Å². The molecule has 1 aliphatic rings. The van der Waals surface area contributed by atoms with Crippen LogP contribution in [0.1, 0.15) is 23.5 Å². The second kappa shape index (κ2) is 6.84. The molecule has 1 fully saturated rings. The van der Waals surface area contributed by atoms with Crippen LogP contribution in [0.2, 0.25) is 0 Å². The molecule has 0 spiro atoms. The monoisotopic (exact) mass is 369 g/mol. The van der Waals surface area contributed by atoms with Gasteiger partial charge in [0.2, 0.25) is 0 Å². The molecule has 4 atom stereocenters. The second-order valence-electron chi connectivity index (χ2n) is 6.30. The lowest BCUT2D eigenvalue weighted by molar-refractivity contribution is -0.120. The summed E-state index contributed by atoms with van der Waals surface area (Å²) >= 11 is 0. The van der Waals surface area contributed by atoms with Gasteiger partial charge in [0, 0.05) is 11.5 Å². The van der Waals surface area contributed by atoms with Gasteiger partial charge < -0.3 is 14.8 Å². The first kappa shape index (κ1) is 17.2. The van der Waals surface area contributed by atoms with Gasteiger partial charge in [-0.2, -0.15) is 0 Å². The fourth-order valence-corrected chi connectivity index (χ4v) is 3.07. The van der Waals surface area contributed by atoms with Crippen molar-refractivity contribution in [3.8, 4) is 0 Å². The number of ether oxygens (including phenoxy) is 1. The normalized spacial score (nSPS) is 24.8. The average Bonchev–Trinajstić information content (AvgIpc) is 3.25. The second-order valence-corrected chi connectivity index (χ2v) is 6.30. The molecule has 1 amide bonds. The Morgan fingerprint density at radius 2 is 2.04 bits per heavy atom. The fraction of sp³-hybridized carbons (Fsp3) is 0.278. The minimum absolute atomic E-state index is 0.209. The van der Waals surface area contributed by atoms with Crippen LogP contribution in [-0.2, 0) is 9.53 Å². The van der Waals surface area contributed by atoms with Crippen LogP contribution in [-0.4, -0.2) is 44.0 Å². The van der Waals surface area contributed by atoms with Crippen molar-refractivity contribution in [1.82, 2.24) is 19.5 Å². The highest BCUT2D eigenvalue weighted by atomic mass is 19.1. The van der Waals surface area contributed by atoms with E-state index in [1.54, 1.807) is 31.2 Å². The standard InChI is InChI=1S/C18H16FN5O3/c1-10-12(7-25)27-18(13(10)19)24-9-22-14-15(20-8-21-16(14)24)23-17(26)11-5-3-2-4-6-11/h2-10,12-13,18H,1H3,(H,20,21,23,26). The lowest BCUT2D eigenvalue weighted by Gasteiger charge is -2.15. The lowest BCUT2D eigenvalue weighted by atomic mass is 10.0. The van der Waals surface area contributed by atoms with E-state index >= 15 is 0 Å². The molecule has 1 N–H and O–H groups in total. The highest BCUT2D eigenvalue weighted by Gasteiger charge is 2.44. The summed E-state index contributed by atoms with van der Waals surface area (Å²) in [5, 5.41) is 2.69. The number of imidazole rings is 1. The maximum Gasteiger partial charge on any atom is 0.256 e. The van der Waals surface area contributed by atoms with Crippen molar-refractivity contribution in [2.75, 3.05) is 5.32 Å². The SMILES string of the molecule is CC1C(C=O)OC(n2cnc3c(NC(=O)c4ccccc4)ncnc32)C1F. The Balaban J connectivity index is 1.66. The number of carbonyl (C=O) groups excluding carboxylic acids is 2. The van der Waals surface area contributed by atoms with Crippen LogP contribution in [0, 0.1) is 5.92 Å². The Bertz CT molecular complexity index is 993. The van der Waals surface area contributed by atoms with E-state index in [4.69, 9.17) is 4.74 Å². The van der Waals surface area contributed by atoms with Gasteiger partial charge in [-0.15, -0.1) is 0 Å². The summed E-state index contributed by atoms with van der Waals surface area (Å²) in [5.74, 6) is -0.717. The van der Waals surface area contributed by atoms with Crippen molar-refractivity contribution in [2.24, 2.45) is 5.92 Å². The van der Waals surface area contributed by atoms with Gasteiger partial charge in [0.05, 0.1) is 6.33 Å². The number of nitrogens with one attached hydrogen (secondary N) is 1. The van der Waals surface area contributed by atoms with Crippen LogP contribution in [0.25, 0.3) is 11.2 Å². The van der Waals surface area contributed by atoms with Crippen LogP contribution < -0.4 is 5.32 Å². The number of hydrogen-bond donors (Lipinski definition) is 1. The summed E-state index contributed by atoms with van der Waals surface area (Å²) < 4.78 is 21.5. The molecular weight excluding hydrogens is 353 g/mol. The predicted octanol–water partition coefficient (Wildman–Crippen LogP) is 2.15. The molecule has 9 heteroatoms. The van der Waals surface area contributed by atoms with E-state index in [9.17, 15) is 14.0 Å². The summed E-state index contributed by atoms with van der Waals surface area (Å²) in [6, 6.07) is 8.66. The van der Waals surface area contributed by atoms with Crippen molar-refractivity contribution < 1.29 is 18.7 Å². The molecule has 3 aromatic rings. The Labute approximate surface area is 153 Å². The summed E-state index contributed by atoms with van der Waals surface area (Å²) in [6.07, 6.45) is -0.0283. The number of carbonyl (C=O) groups is 2. The number of amides is 1. The van der Waals surface area contributed by atoms with Gasteiger partial charge in [0.1, 0.15) is 18.7 Å². The van der Waals surface area contributed by atoms with E-state index in [1.807, 2.05) is 6.07 Å². The highest BCUT2D eigenvalue weighted by molar-refractivity contribution is 6.06. The van der Waals surface area contributed by atoms with Crippen LogP contribution in [0.15, 0.2) is 43.0 Å². The maximum atomic E-state index is 14.6. The smallest absolute Gasteiger partial charge is 0.256 e. The molecule has 1 saturated heterocycles. The molecule has 1 aliphatic heterocycles. The van der Waals surface area contributed by atoms with E-state index in [1.165, 1.54) is 17.2 Å². The number of nitrogens with zero attached hydrogens (tertiary/aromatic N) is 4. The van der Waals surface area contributed by atoms with Gasteiger partial charge in [-0.3, -0.25) is 9.36 Å². The molecule has 2 aromatic heterocycles. The fourth-order valence-electron chi connectivity index (χ4n) is 3.07. The Morgan fingerprint density at radius 1 is 1.26 bits per heavy atom. The number of anilines is 1. The van der Waals surface area contributed by atoms with Gasteiger partial charge in [-0.25, -0.2) is 19.3 Å². The lowest BCUT2D eigenvalue weighted by Crippen LogP contribution is -2.20. The predicted molar refractivity (Wildman–Crippen MR) is 93.8 cm³/mol. The summed E-state index contributed by atoms with van der Waals surface area (Å²) in [6.45, 7) is 1.61. The quantitative estimate of drug-likeness (QED) is 0.708. The number of hydrogen-bond acceptors (Lipinski definition) is 6. The Hall–Kier alpha value is -3.20. The summed E-state index contributed by atoms with van der Waals surface area (Å²) in [4.78, 5) is 35.8. The van der Waals surface area contributed by atoms with Crippen molar-refractivity contribution >= 4 is 29.2 Å². The minimum atomic E-state index is -1.39. The first-order valence-electron chi connectivity index (χ1n) is 8.39. The van der Waals surface area contributed by atoms with Crippen LogP contribution in [0.4, 0.5) is 10.2 Å². The Morgan fingerprint density at radius 3 is 2.74 bits per heavy atom. The first-order valence-corrected chi connectivity index (χ1v) is 8.39. The zero-order chi connectivity index (χ0) is 19.0. The molecular formula is C18H16FN5O3. The molecule has 4 unspecified atom stereocenters. The number of alkyl halides is 1. The third kappa shape index (κ3) is 2.95. The van der Waals surface area contributed by atoms with E-state index in [0.29, 0.717) is 23.0 Å². The summed E-state index contributed by atoms with van der Waals surface area (Å²) in [7, 11) is 0. The van der Waals surface area contributed by atoms with Crippen LogP contribution in [0.3, 0.4) is 0 Å². The summed E-state index contributed by atoms with van der Waals surface area (Å²) in [5.41, 5.74) is 1.08. The number of fused-ring (bicyclic) bond motifs is 1. The van der Waals surface area contributed by atoms with Gasteiger partial charge in [-0.1, -0.05) is 25.1 Å². The largest absolute Gasteiger partial charge is 0.344 e. The molecule has 0 saturated carbocycles. The van der Waals surface area contributed by atoms with Gasteiger partial charge in [-0.05, 0) is 12.1 Å². The molecule has 138 valence electrons. The van der Waals surface area contributed by atoms with Crippen molar-refractivity contribution in [1.29, 1.82) is 0 Å². The molecule has 0 aliphatic carbocycles. The maximum absolute atomic E-state index is 14.6. The molecule has 4 rings (SSSR count). The third-order valence-corrected chi connectivity index (χ3v) is 4.62. The van der Waals surface area contributed by atoms with E-state index < -0.39 is 24.4 Å². The molecule has 27 heavy (non-hydrogen) atoms. The van der Waals surface area contributed by atoms with Gasteiger partial charge in [0.25, 0.3) is 5.91 Å². The Kier molecular flexibility index (Phi) is 4.36. The topological polar surface area (TPSA) is 99.0 Å². The average molecular weight is 369 g/mol. The van der Waals surface area contributed by atoms with Crippen molar-refractivity contribution in [3.63, 3.8) is 0 Å². The molecule has 3 heterocycles. The minimum Gasteiger partial charge on any atom is -0.344 e. The molecule has 1 aromatic carbocycles. The number of aldehydes is 1. The molecule has 0 bridgehead atoms. The number of benzene rings is 1. The number of aromatic nitrogens is 4. The zero-order valence-electron chi connectivity index (χ0n) is 14.3. The van der Waals surface area contributed by atoms with E-state index in [2.05, 4.69) is 20.3 Å². The third-order valence-electron chi connectivity index (χ3n) is 4.62. The number of rotatable bonds is 4. The first-order chi connectivity index (χ1) is 13.1. The van der Waals surface area contributed by atoms with Gasteiger partial charge in [0.15, 0.2) is 29.4 Å². The van der Waals surface area contributed by atoms with Crippen LogP contribution in [0.5, 0.6) is 0 Å². The van der Waals surface area contributed by atoms with Gasteiger partial charge >= 0.3 is 0 Å². The molecule has 8 nitrogen and oxygen atoms in total. The molecule has 0 radical (unpaired) electrons. The van der Waals surface area contributed by atoms with E-state index in [-0.39, 0.29) is 11.7 Å². The zero-order valence-corrected chi connectivity index (χ0v) is 14.3. The van der Waals surface area contributed by atoms with Crippen LogP contribution >= 0.6 is 0 Å². The van der Waals surface area contributed by atoms with Crippen molar-refractivity contribution in [2.45, 2.75) is 25.4 Å². The van der Waals surface area contributed by atoms with E-state index in [0.717, 1.165) is 0 Å². The highest BCUT2D eigenvalue weighted by Crippen LogP contribution is 2.37.